The maximum absolute atomic E-state index is 13.8. The minimum atomic E-state index is -1.22. The molecule has 0 N–H and O–H groups in total. The highest BCUT2D eigenvalue weighted by atomic mass is 16.5. The molecule has 0 radical (unpaired) electrons. The van der Waals surface area contributed by atoms with E-state index in [1.807, 2.05) is 31.2 Å². The fourth-order valence-corrected chi connectivity index (χ4v) is 5.65. The average Bonchev–Trinajstić information content (AvgIpc) is 3.49. The standard InChI is InChI=1S/C24H30N2O5/c1-16-8-3-6-11-18(16)24(14-20(27)25-13-7-12-19(25)22(29)31-2)15-21(28)26(23(24)30)17-9-4-5-10-17/h3,6,8,11,17,19H,4-5,7,9-10,12-15H2,1-2H3/t19-,24-/m0/s1. The van der Waals surface area contributed by atoms with E-state index in [9.17, 15) is 19.2 Å². The van der Waals surface area contributed by atoms with Crippen molar-refractivity contribution in [2.45, 2.75) is 75.8 Å². The largest absolute Gasteiger partial charge is 0.467 e. The highest BCUT2D eigenvalue weighted by Gasteiger charge is 2.56. The molecule has 1 aromatic carbocycles. The molecule has 1 aliphatic carbocycles. The molecular weight excluding hydrogens is 396 g/mol. The third-order valence-corrected chi connectivity index (χ3v) is 7.20. The summed E-state index contributed by atoms with van der Waals surface area (Å²) in [6, 6.07) is 6.80. The third kappa shape index (κ3) is 3.64. The molecule has 3 amide bonds. The number of methoxy groups -OCH3 is 1. The Hall–Kier alpha value is -2.70. The molecule has 0 bridgehead atoms. The number of carbonyl (C=O) groups excluding carboxylic acids is 4. The predicted octanol–water partition coefficient (Wildman–Crippen LogP) is 2.49. The fourth-order valence-electron chi connectivity index (χ4n) is 5.65. The summed E-state index contributed by atoms with van der Waals surface area (Å²) in [5, 5.41) is 0. The van der Waals surface area contributed by atoms with Gasteiger partial charge in [-0.2, -0.15) is 0 Å². The van der Waals surface area contributed by atoms with Gasteiger partial charge >= 0.3 is 5.97 Å². The van der Waals surface area contributed by atoms with Gasteiger partial charge in [-0.05, 0) is 43.7 Å². The molecular formula is C24H30N2O5. The van der Waals surface area contributed by atoms with Crippen LogP contribution >= 0.6 is 0 Å². The topological polar surface area (TPSA) is 84.0 Å². The fraction of sp³-hybridized carbons (Fsp3) is 0.583. The summed E-state index contributed by atoms with van der Waals surface area (Å²) in [6.45, 7) is 2.36. The predicted molar refractivity (Wildman–Crippen MR) is 113 cm³/mol. The van der Waals surface area contributed by atoms with Gasteiger partial charge in [0.2, 0.25) is 17.7 Å². The zero-order valence-electron chi connectivity index (χ0n) is 18.3. The molecule has 0 unspecified atom stereocenters. The van der Waals surface area contributed by atoms with E-state index >= 15 is 0 Å². The molecule has 0 spiro atoms. The molecule has 31 heavy (non-hydrogen) atoms. The van der Waals surface area contributed by atoms with E-state index in [2.05, 4.69) is 0 Å². The lowest BCUT2D eigenvalue weighted by Gasteiger charge is -2.32. The van der Waals surface area contributed by atoms with E-state index in [4.69, 9.17) is 4.74 Å². The van der Waals surface area contributed by atoms with Crippen LogP contribution in [0, 0.1) is 6.92 Å². The molecule has 7 nitrogen and oxygen atoms in total. The van der Waals surface area contributed by atoms with Crippen LogP contribution < -0.4 is 0 Å². The number of nitrogens with zero attached hydrogens (tertiary/aromatic N) is 2. The van der Waals surface area contributed by atoms with Crippen LogP contribution in [0.25, 0.3) is 0 Å². The Balaban J connectivity index is 1.70. The van der Waals surface area contributed by atoms with Gasteiger partial charge in [0.15, 0.2) is 0 Å². The first-order valence-corrected chi connectivity index (χ1v) is 11.2. The summed E-state index contributed by atoms with van der Waals surface area (Å²) >= 11 is 0. The van der Waals surface area contributed by atoms with Gasteiger partial charge in [0.1, 0.15) is 6.04 Å². The lowest BCUT2D eigenvalue weighted by Crippen LogP contribution is -2.48. The Morgan fingerprint density at radius 1 is 1.10 bits per heavy atom. The Bertz CT molecular complexity index is 907. The Morgan fingerprint density at radius 3 is 2.48 bits per heavy atom. The number of esters is 1. The molecule has 0 aromatic heterocycles. The molecule has 1 saturated carbocycles. The Morgan fingerprint density at radius 2 is 1.81 bits per heavy atom. The number of aryl methyl sites for hydroxylation is 1. The zero-order valence-corrected chi connectivity index (χ0v) is 18.3. The van der Waals surface area contributed by atoms with E-state index in [0.717, 1.165) is 36.8 Å². The summed E-state index contributed by atoms with van der Waals surface area (Å²) in [4.78, 5) is 55.5. The highest BCUT2D eigenvalue weighted by Crippen LogP contribution is 2.44. The maximum Gasteiger partial charge on any atom is 0.328 e. The molecule has 4 rings (SSSR count). The van der Waals surface area contributed by atoms with Crippen LogP contribution in [0.2, 0.25) is 0 Å². The number of rotatable bonds is 5. The van der Waals surface area contributed by atoms with Crippen molar-refractivity contribution < 1.29 is 23.9 Å². The normalized spacial score (nSPS) is 26.7. The van der Waals surface area contributed by atoms with Crippen LogP contribution in [0.15, 0.2) is 24.3 Å². The second kappa shape index (κ2) is 8.44. The number of amides is 3. The molecule has 7 heteroatoms. The number of ether oxygens (including phenoxy) is 1. The average molecular weight is 427 g/mol. The van der Waals surface area contributed by atoms with Crippen LogP contribution in [0.4, 0.5) is 0 Å². The third-order valence-electron chi connectivity index (χ3n) is 7.20. The summed E-state index contributed by atoms with van der Waals surface area (Å²) in [5.41, 5.74) is 0.400. The SMILES string of the molecule is COC(=O)[C@@H]1CCCN1C(=O)C[C@@]1(c2ccccc2C)CC(=O)N(C2CCCC2)C1=O. The molecule has 1 aromatic rings. The molecule has 166 valence electrons. The first-order chi connectivity index (χ1) is 14.9. The summed E-state index contributed by atoms with van der Waals surface area (Å²) in [6.07, 6.45) is 4.81. The van der Waals surface area contributed by atoms with Crippen molar-refractivity contribution in [1.82, 2.24) is 9.80 Å². The zero-order chi connectivity index (χ0) is 22.2. The van der Waals surface area contributed by atoms with Gasteiger partial charge in [-0.1, -0.05) is 37.1 Å². The number of hydrogen-bond donors (Lipinski definition) is 0. The van der Waals surface area contributed by atoms with Crippen molar-refractivity contribution in [2.75, 3.05) is 13.7 Å². The van der Waals surface area contributed by atoms with Crippen molar-refractivity contribution in [3.63, 3.8) is 0 Å². The van der Waals surface area contributed by atoms with Gasteiger partial charge in [0.25, 0.3) is 0 Å². The van der Waals surface area contributed by atoms with Crippen LogP contribution in [-0.2, 0) is 29.3 Å². The first-order valence-electron chi connectivity index (χ1n) is 11.2. The minimum Gasteiger partial charge on any atom is -0.467 e. The van der Waals surface area contributed by atoms with Gasteiger partial charge in [-0.15, -0.1) is 0 Å². The molecule has 2 atom stereocenters. The smallest absolute Gasteiger partial charge is 0.328 e. The van der Waals surface area contributed by atoms with Crippen LogP contribution in [0.5, 0.6) is 0 Å². The van der Waals surface area contributed by atoms with E-state index in [-0.39, 0.29) is 36.6 Å². The number of likely N-dealkylation sites (tertiary alicyclic amines) is 2. The number of benzene rings is 1. The lowest BCUT2D eigenvalue weighted by atomic mass is 9.73. The van der Waals surface area contributed by atoms with Crippen LogP contribution in [0.3, 0.4) is 0 Å². The molecule has 2 aliphatic heterocycles. The van der Waals surface area contributed by atoms with E-state index in [0.29, 0.717) is 19.4 Å². The van der Waals surface area contributed by atoms with Gasteiger partial charge in [0.05, 0.1) is 12.5 Å². The van der Waals surface area contributed by atoms with E-state index < -0.39 is 17.4 Å². The maximum atomic E-state index is 13.8. The molecule has 3 fully saturated rings. The van der Waals surface area contributed by atoms with Gasteiger partial charge in [-0.25, -0.2) is 4.79 Å². The number of imide groups is 1. The van der Waals surface area contributed by atoms with Gasteiger partial charge in [0, 0.05) is 25.4 Å². The Labute approximate surface area is 182 Å². The van der Waals surface area contributed by atoms with Crippen molar-refractivity contribution in [2.24, 2.45) is 0 Å². The minimum absolute atomic E-state index is 0.00431. The molecule has 3 aliphatic rings. The van der Waals surface area contributed by atoms with E-state index in [1.54, 1.807) is 0 Å². The monoisotopic (exact) mass is 426 g/mol. The summed E-state index contributed by atoms with van der Waals surface area (Å²) < 4.78 is 4.87. The van der Waals surface area contributed by atoms with Crippen molar-refractivity contribution in [3.8, 4) is 0 Å². The van der Waals surface area contributed by atoms with Crippen molar-refractivity contribution in [3.05, 3.63) is 35.4 Å². The van der Waals surface area contributed by atoms with E-state index in [1.165, 1.54) is 16.9 Å². The highest BCUT2D eigenvalue weighted by molar-refractivity contribution is 6.11. The van der Waals surface area contributed by atoms with Crippen molar-refractivity contribution >= 4 is 23.7 Å². The first kappa shape index (κ1) is 21.5. The summed E-state index contributed by atoms with van der Waals surface area (Å²) in [5.74, 6) is -1.16. The van der Waals surface area contributed by atoms with Gasteiger partial charge < -0.3 is 9.64 Å². The molecule has 2 heterocycles. The quantitative estimate of drug-likeness (QED) is 0.534. The van der Waals surface area contributed by atoms with Crippen LogP contribution in [-0.4, -0.2) is 59.2 Å². The molecule has 2 saturated heterocycles. The summed E-state index contributed by atoms with van der Waals surface area (Å²) in [7, 11) is 1.32. The second-order valence-corrected chi connectivity index (χ2v) is 9.03. The van der Waals surface area contributed by atoms with Crippen LogP contribution in [0.1, 0.15) is 62.5 Å². The van der Waals surface area contributed by atoms with Gasteiger partial charge in [-0.3, -0.25) is 19.3 Å². The Kier molecular flexibility index (Phi) is 5.86. The van der Waals surface area contributed by atoms with Crippen molar-refractivity contribution in [1.29, 1.82) is 0 Å². The lowest BCUT2D eigenvalue weighted by molar-refractivity contribution is -0.152. The number of hydrogen-bond acceptors (Lipinski definition) is 5. The number of carbonyl (C=O) groups is 4. The second-order valence-electron chi connectivity index (χ2n) is 9.03.